The summed E-state index contributed by atoms with van der Waals surface area (Å²) in [6.45, 7) is 0.682. The average Bonchev–Trinajstić information content (AvgIpc) is 3.03. The Morgan fingerprint density at radius 3 is 3.11 bits per heavy atom. The maximum absolute atomic E-state index is 4.54. The van der Waals surface area contributed by atoms with Gasteiger partial charge in [-0.15, -0.1) is 0 Å². The number of anilines is 1. The van der Waals surface area contributed by atoms with E-state index in [9.17, 15) is 0 Å². The second kappa shape index (κ2) is 4.31. The molecule has 0 saturated heterocycles. The summed E-state index contributed by atoms with van der Waals surface area (Å²) in [4.78, 5) is 9.04. The summed E-state index contributed by atoms with van der Waals surface area (Å²) in [5.74, 6) is 1.62. The van der Waals surface area contributed by atoms with E-state index < -0.39 is 0 Å². The highest BCUT2D eigenvalue weighted by Gasteiger charge is 2.27. The van der Waals surface area contributed by atoms with Gasteiger partial charge in [0.25, 0.3) is 0 Å². The lowest BCUT2D eigenvalue weighted by atomic mass is 10.4. The minimum atomic E-state index is 0.613. The number of imidazole rings is 1. The van der Waals surface area contributed by atoms with Crippen LogP contribution in [0.15, 0.2) is 30.6 Å². The third-order valence-electron chi connectivity index (χ3n) is 3.22. The Morgan fingerprint density at radius 2 is 2.26 bits per heavy atom. The van der Waals surface area contributed by atoms with Crippen LogP contribution in [0.3, 0.4) is 0 Å². The summed E-state index contributed by atoms with van der Waals surface area (Å²) >= 11 is 1.44. The van der Waals surface area contributed by atoms with E-state index in [0.29, 0.717) is 12.5 Å². The van der Waals surface area contributed by atoms with Crippen molar-refractivity contribution in [1.82, 2.24) is 18.7 Å². The normalized spacial score (nSPS) is 14.9. The Bertz CT molecular complexity index is 679. The van der Waals surface area contributed by atoms with E-state index in [0.717, 1.165) is 22.3 Å². The minimum absolute atomic E-state index is 0.613. The fourth-order valence-corrected chi connectivity index (χ4v) is 2.69. The quantitative estimate of drug-likeness (QED) is 0.792. The van der Waals surface area contributed by atoms with Crippen molar-refractivity contribution in [2.75, 3.05) is 5.32 Å². The fraction of sp³-hybridized carbons (Fsp3) is 0.308. The van der Waals surface area contributed by atoms with Crippen LogP contribution in [-0.4, -0.2) is 18.7 Å². The summed E-state index contributed by atoms with van der Waals surface area (Å²) in [6.07, 6.45) is 6.51. The van der Waals surface area contributed by atoms with E-state index in [4.69, 9.17) is 0 Å². The van der Waals surface area contributed by atoms with Crippen molar-refractivity contribution in [1.29, 1.82) is 0 Å². The van der Waals surface area contributed by atoms with E-state index >= 15 is 0 Å². The molecule has 3 aromatic rings. The summed E-state index contributed by atoms with van der Waals surface area (Å²) < 4.78 is 6.40. The molecule has 1 N–H and O–H groups in total. The van der Waals surface area contributed by atoms with Gasteiger partial charge in [0, 0.05) is 29.8 Å². The molecule has 0 amide bonds. The molecule has 0 spiro atoms. The van der Waals surface area contributed by atoms with Gasteiger partial charge < -0.3 is 9.72 Å². The first-order chi connectivity index (χ1) is 9.38. The Kier molecular flexibility index (Phi) is 2.48. The first kappa shape index (κ1) is 10.9. The zero-order chi connectivity index (χ0) is 12.7. The van der Waals surface area contributed by atoms with Crippen LogP contribution in [0.25, 0.3) is 5.65 Å². The van der Waals surface area contributed by atoms with Crippen molar-refractivity contribution < 1.29 is 0 Å². The van der Waals surface area contributed by atoms with Crippen molar-refractivity contribution in [2.45, 2.75) is 25.3 Å². The lowest BCUT2D eigenvalue weighted by molar-refractivity contribution is 0.976. The SMILES string of the molecule is c1ccn2cc(CNc3nc(C4CC4)ns3)nc2c1. The van der Waals surface area contributed by atoms with E-state index in [1.807, 2.05) is 35.0 Å². The van der Waals surface area contributed by atoms with Gasteiger partial charge >= 0.3 is 0 Å². The molecule has 3 aromatic heterocycles. The molecular weight excluding hydrogens is 258 g/mol. The van der Waals surface area contributed by atoms with Gasteiger partial charge in [0.05, 0.1) is 12.2 Å². The molecule has 1 saturated carbocycles. The zero-order valence-electron chi connectivity index (χ0n) is 10.3. The predicted molar refractivity (Wildman–Crippen MR) is 74.4 cm³/mol. The van der Waals surface area contributed by atoms with Crippen LogP contribution in [0.2, 0.25) is 0 Å². The van der Waals surface area contributed by atoms with Crippen LogP contribution in [0.5, 0.6) is 0 Å². The molecule has 96 valence electrons. The second-order valence-corrected chi connectivity index (χ2v) is 5.54. The first-order valence-electron chi connectivity index (χ1n) is 6.38. The van der Waals surface area contributed by atoms with Crippen molar-refractivity contribution in [3.05, 3.63) is 42.1 Å². The van der Waals surface area contributed by atoms with Crippen LogP contribution in [0, 0.1) is 0 Å². The fourth-order valence-electron chi connectivity index (χ4n) is 2.05. The number of hydrogen-bond acceptors (Lipinski definition) is 5. The highest BCUT2D eigenvalue weighted by atomic mass is 32.1. The topological polar surface area (TPSA) is 55.1 Å². The lowest BCUT2D eigenvalue weighted by Gasteiger charge is -1.96. The summed E-state index contributed by atoms with van der Waals surface area (Å²) in [5.41, 5.74) is 1.98. The summed E-state index contributed by atoms with van der Waals surface area (Å²) in [7, 11) is 0. The summed E-state index contributed by atoms with van der Waals surface area (Å²) in [6, 6.07) is 5.99. The Hall–Kier alpha value is -1.95. The maximum Gasteiger partial charge on any atom is 0.202 e. The van der Waals surface area contributed by atoms with E-state index in [1.54, 1.807) is 0 Å². The van der Waals surface area contributed by atoms with Crippen molar-refractivity contribution in [3.8, 4) is 0 Å². The highest BCUT2D eigenvalue weighted by Crippen LogP contribution is 2.39. The number of nitrogens with zero attached hydrogens (tertiary/aromatic N) is 4. The molecule has 0 radical (unpaired) electrons. The molecule has 5 nitrogen and oxygen atoms in total. The van der Waals surface area contributed by atoms with Crippen molar-refractivity contribution in [3.63, 3.8) is 0 Å². The largest absolute Gasteiger partial charge is 0.355 e. The third-order valence-corrected chi connectivity index (χ3v) is 3.91. The average molecular weight is 271 g/mol. The monoisotopic (exact) mass is 271 g/mol. The number of rotatable bonds is 4. The maximum atomic E-state index is 4.54. The Balaban J connectivity index is 1.48. The van der Waals surface area contributed by atoms with E-state index in [2.05, 4.69) is 19.7 Å². The Labute approximate surface area is 114 Å². The van der Waals surface area contributed by atoms with Gasteiger partial charge in [-0.05, 0) is 25.0 Å². The molecule has 3 heterocycles. The van der Waals surface area contributed by atoms with Gasteiger partial charge in [-0.1, -0.05) is 6.07 Å². The molecular formula is C13H13N5S. The van der Waals surface area contributed by atoms with Gasteiger partial charge in [0.2, 0.25) is 5.13 Å². The smallest absolute Gasteiger partial charge is 0.202 e. The molecule has 0 unspecified atom stereocenters. The molecule has 1 fully saturated rings. The number of aromatic nitrogens is 4. The minimum Gasteiger partial charge on any atom is -0.355 e. The van der Waals surface area contributed by atoms with Gasteiger partial charge in [0.1, 0.15) is 11.5 Å². The van der Waals surface area contributed by atoms with Crippen LogP contribution in [0.4, 0.5) is 5.13 Å². The predicted octanol–water partition coefficient (Wildman–Crippen LogP) is 2.68. The van der Waals surface area contributed by atoms with Gasteiger partial charge in [-0.3, -0.25) is 0 Å². The molecule has 0 bridgehead atoms. The molecule has 0 aromatic carbocycles. The molecule has 0 atom stereocenters. The number of hydrogen-bond donors (Lipinski definition) is 1. The highest BCUT2D eigenvalue weighted by molar-refractivity contribution is 7.09. The molecule has 1 aliphatic carbocycles. The molecule has 4 rings (SSSR count). The molecule has 6 heteroatoms. The van der Waals surface area contributed by atoms with Gasteiger partial charge in [-0.25, -0.2) is 9.97 Å². The third kappa shape index (κ3) is 2.19. The molecule has 1 aliphatic rings. The molecule has 19 heavy (non-hydrogen) atoms. The second-order valence-electron chi connectivity index (χ2n) is 4.78. The van der Waals surface area contributed by atoms with Crippen molar-refractivity contribution in [2.24, 2.45) is 0 Å². The number of pyridine rings is 1. The van der Waals surface area contributed by atoms with Gasteiger partial charge in [0.15, 0.2) is 0 Å². The van der Waals surface area contributed by atoms with Crippen molar-refractivity contribution >= 4 is 22.3 Å². The van der Waals surface area contributed by atoms with Crippen LogP contribution in [0.1, 0.15) is 30.3 Å². The van der Waals surface area contributed by atoms with E-state index in [-0.39, 0.29) is 0 Å². The zero-order valence-corrected chi connectivity index (χ0v) is 11.1. The Morgan fingerprint density at radius 1 is 1.32 bits per heavy atom. The standard InChI is InChI=1S/C13H13N5S/c1-2-6-18-8-10(15-11(18)3-1)7-14-13-16-12(17-19-13)9-4-5-9/h1-3,6,8-9H,4-5,7H2,(H,14,16,17). The van der Waals surface area contributed by atoms with Crippen LogP contribution < -0.4 is 5.32 Å². The van der Waals surface area contributed by atoms with E-state index in [1.165, 1.54) is 24.4 Å². The van der Waals surface area contributed by atoms with Crippen LogP contribution in [-0.2, 0) is 6.54 Å². The summed E-state index contributed by atoms with van der Waals surface area (Å²) in [5, 5.41) is 4.18. The number of fused-ring (bicyclic) bond motifs is 1. The lowest BCUT2D eigenvalue weighted by Crippen LogP contribution is -1.99. The van der Waals surface area contributed by atoms with Crippen LogP contribution >= 0.6 is 11.5 Å². The number of nitrogens with one attached hydrogen (secondary N) is 1. The molecule has 0 aliphatic heterocycles. The first-order valence-corrected chi connectivity index (χ1v) is 7.16. The van der Waals surface area contributed by atoms with Gasteiger partial charge in [-0.2, -0.15) is 4.37 Å².